The minimum atomic E-state index is -1.25. The van der Waals surface area contributed by atoms with E-state index >= 15 is 0 Å². The Hall–Kier alpha value is -4.02. The molecule has 1 amide bonds. The number of carbonyl (C=O) groups is 2. The molecule has 0 aliphatic carbocycles. The molecule has 1 atom stereocenters. The minimum Gasteiger partial charge on any atom is -0.508 e. The summed E-state index contributed by atoms with van der Waals surface area (Å²) in [5.41, 5.74) is 5.00. The maximum Gasteiger partial charge on any atom is 0.326 e. The number of H-pyrrole nitrogens is 1. The van der Waals surface area contributed by atoms with Gasteiger partial charge < -0.3 is 21.3 Å². The Balaban J connectivity index is 1.83. The van der Waals surface area contributed by atoms with Gasteiger partial charge >= 0.3 is 5.97 Å². The normalized spacial score (nSPS) is 11.9. The number of fused-ring (bicyclic) bond motifs is 1. The van der Waals surface area contributed by atoms with Crippen LogP contribution in [0.5, 0.6) is 5.75 Å². The number of aromatic amines is 1. The van der Waals surface area contributed by atoms with Crippen molar-refractivity contribution in [1.29, 1.82) is 0 Å². The van der Waals surface area contributed by atoms with E-state index in [9.17, 15) is 24.6 Å². The Kier molecular flexibility index (Phi) is 4.66. The van der Waals surface area contributed by atoms with Crippen molar-refractivity contribution >= 4 is 29.0 Å². The molecular weight excluding hydrogens is 356 g/mol. The number of benzene rings is 1. The number of nitrogens with zero attached hydrogens (tertiary/aromatic N) is 3. The van der Waals surface area contributed by atoms with Gasteiger partial charge in [-0.1, -0.05) is 12.1 Å². The Morgan fingerprint density at radius 2 is 1.93 bits per heavy atom. The third-order valence-electron chi connectivity index (χ3n) is 3.65. The van der Waals surface area contributed by atoms with Crippen LogP contribution in [-0.2, 0) is 11.2 Å². The molecule has 6 N–H and O–H groups in total. The molecule has 0 spiro atoms. The lowest BCUT2D eigenvalue weighted by Gasteiger charge is -2.14. The van der Waals surface area contributed by atoms with Crippen LogP contribution >= 0.6 is 0 Å². The van der Waals surface area contributed by atoms with Gasteiger partial charge in [-0.25, -0.2) is 14.8 Å². The number of phenolic OH excluding ortho intramolecular Hbond substituents is 1. The van der Waals surface area contributed by atoms with Gasteiger partial charge in [-0.2, -0.15) is 4.98 Å². The first kappa shape index (κ1) is 17.8. The molecular formula is C16H14N6O5. The summed E-state index contributed by atoms with van der Waals surface area (Å²) in [6, 6.07) is 4.69. The zero-order valence-corrected chi connectivity index (χ0v) is 13.7. The van der Waals surface area contributed by atoms with Gasteiger partial charge in [0, 0.05) is 6.42 Å². The monoisotopic (exact) mass is 370 g/mol. The Morgan fingerprint density at radius 3 is 2.59 bits per heavy atom. The summed E-state index contributed by atoms with van der Waals surface area (Å²) in [6.07, 6.45) is 1.04. The van der Waals surface area contributed by atoms with Crippen LogP contribution in [0.3, 0.4) is 0 Å². The van der Waals surface area contributed by atoms with Gasteiger partial charge in [-0.05, 0) is 17.7 Å². The fourth-order valence-electron chi connectivity index (χ4n) is 2.34. The summed E-state index contributed by atoms with van der Waals surface area (Å²) in [7, 11) is 0. The second-order valence-corrected chi connectivity index (χ2v) is 5.61. The van der Waals surface area contributed by atoms with Crippen LogP contribution < -0.4 is 16.6 Å². The van der Waals surface area contributed by atoms with Crippen LogP contribution in [0.2, 0.25) is 0 Å². The molecule has 2 heterocycles. The number of carboxylic acids is 1. The summed E-state index contributed by atoms with van der Waals surface area (Å²) in [5, 5.41) is 21.0. The number of aromatic hydroxyl groups is 1. The van der Waals surface area contributed by atoms with Gasteiger partial charge in [0.25, 0.3) is 11.5 Å². The van der Waals surface area contributed by atoms with E-state index in [1.54, 1.807) is 12.1 Å². The van der Waals surface area contributed by atoms with E-state index in [1.165, 1.54) is 12.1 Å². The topological polar surface area (TPSA) is 184 Å². The Bertz CT molecular complexity index is 1080. The number of aromatic nitrogens is 4. The predicted octanol–water partition coefficient (Wildman–Crippen LogP) is -0.573. The highest BCUT2D eigenvalue weighted by atomic mass is 16.4. The first-order valence-corrected chi connectivity index (χ1v) is 7.67. The molecule has 0 fully saturated rings. The lowest BCUT2D eigenvalue weighted by molar-refractivity contribution is -0.139. The van der Waals surface area contributed by atoms with Crippen molar-refractivity contribution in [3.8, 4) is 5.75 Å². The standard InChI is InChI=1S/C16H14N6O5/c17-16-21-12-11(14(25)22-16)18-6-10(19-12)13(24)20-9(15(26)27)5-7-1-3-8(23)4-2-7/h1-4,6,9,23H,5H2,(H,20,24)(H,26,27)(H3,17,19,21,22,25)/t9-/m1/s1. The van der Waals surface area contributed by atoms with Crippen molar-refractivity contribution in [1.82, 2.24) is 25.3 Å². The molecule has 0 aliphatic rings. The lowest BCUT2D eigenvalue weighted by atomic mass is 10.1. The summed E-state index contributed by atoms with van der Waals surface area (Å²) in [5.74, 6) is -2.18. The van der Waals surface area contributed by atoms with E-state index in [2.05, 4.69) is 25.3 Å². The minimum absolute atomic E-state index is 0.00672. The number of nitrogens with two attached hydrogens (primary N) is 1. The highest BCUT2D eigenvalue weighted by Gasteiger charge is 2.22. The van der Waals surface area contributed by atoms with Crippen LogP contribution in [0, 0.1) is 0 Å². The predicted molar refractivity (Wildman–Crippen MR) is 93.1 cm³/mol. The second kappa shape index (κ2) is 7.07. The van der Waals surface area contributed by atoms with Crippen LogP contribution in [0.15, 0.2) is 35.3 Å². The average Bonchev–Trinajstić information content (AvgIpc) is 2.62. The van der Waals surface area contributed by atoms with Gasteiger partial charge in [0.15, 0.2) is 11.2 Å². The van der Waals surface area contributed by atoms with E-state index in [-0.39, 0.29) is 35.0 Å². The van der Waals surface area contributed by atoms with Crippen molar-refractivity contribution in [2.45, 2.75) is 12.5 Å². The second-order valence-electron chi connectivity index (χ2n) is 5.61. The van der Waals surface area contributed by atoms with Gasteiger partial charge in [0.05, 0.1) is 6.20 Å². The lowest BCUT2D eigenvalue weighted by Crippen LogP contribution is -2.42. The highest BCUT2D eigenvalue weighted by molar-refractivity contribution is 5.95. The van der Waals surface area contributed by atoms with Crippen molar-refractivity contribution < 1.29 is 19.8 Å². The molecule has 11 nitrogen and oxygen atoms in total. The molecule has 2 aromatic heterocycles. The zero-order valence-electron chi connectivity index (χ0n) is 13.7. The third kappa shape index (κ3) is 3.98. The van der Waals surface area contributed by atoms with Crippen molar-refractivity contribution in [3.63, 3.8) is 0 Å². The van der Waals surface area contributed by atoms with Crippen LogP contribution in [-0.4, -0.2) is 48.1 Å². The van der Waals surface area contributed by atoms with Gasteiger partial charge in [-0.3, -0.25) is 14.6 Å². The SMILES string of the molecule is Nc1nc2nc(C(=O)N[C@H](Cc3ccc(O)cc3)C(=O)O)cnc2c(=O)[nH]1. The van der Waals surface area contributed by atoms with Crippen LogP contribution in [0.1, 0.15) is 16.1 Å². The number of hydrogen-bond acceptors (Lipinski definition) is 8. The number of nitrogen functional groups attached to an aromatic ring is 1. The average molecular weight is 370 g/mol. The summed E-state index contributed by atoms with van der Waals surface area (Å²) < 4.78 is 0. The first-order chi connectivity index (χ1) is 12.8. The number of rotatable bonds is 5. The van der Waals surface area contributed by atoms with Crippen molar-refractivity contribution in [2.24, 2.45) is 0 Å². The molecule has 11 heteroatoms. The molecule has 0 radical (unpaired) electrons. The number of hydrogen-bond donors (Lipinski definition) is 5. The van der Waals surface area contributed by atoms with E-state index in [1.807, 2.05) is 0 Å². The summed E-state index contributed by atoms with van der Waals surface area (Å²) in [6.45, 7) is 0. The van der Waals surface area contributed by atoms with E-state index < -0.39 is 23.5 Å². The smallest absolute Gasteiger partial charge is 0.326 e. The maximum atomic E-state index is 12.4. The number of carboxylic acid groups (broad SMARTS) is 1. The fourth-order valence-corrected chi connectivity index (χ4v) is 2.34. The molecule has 0 bridgehead atoms. The number of carbonyl (C=O) groups excluding carboxylic acids is 1. The van der Waals surface area contributed by atoms with Crippen molar-refractivity contribution in [3.05, 3.63) is 52.1 Å². The molecule has 0 unspecified atom stereocenters. The number of anilines is 1. The first-order valence-electron chi connectivity index (χ1n) is 7.67. The van der Waals surface area contributed by atoms with Crippen LogP contribution in [0.25, 0.3) is 11.2 Å². The van der Waals surface area contributed by atoms with Crippen LogP contribution in [0.4, 0.5) is 5.95 Å². The van der Waals surface area contributed by atoms with Gasteiger partial charge in [0.2, 0.25) is 5.95 Å². The summed E-state index contributed by atoms with van der Waals surface area (Å²) >= 11 is 0. The number of nitrogens with one attached hydrogen (secondary N) is 2. The Labute approximate surface area is 150 Å². The maximum absolute atomic E-state index is 12.4. The molecule has 0 saturated heterocycles. The van der Waals surface area contributed by atoms with Gasteiger partial charge in [-0.15, -0.1) is 0 Å². The van der Waals surface area contributed by atoms with E-state index in [0.717, 1.165) is 6.20 Å². The zero-order chi connectivity index (χ0) is 19.6. The Morgan fingerprint density at radius 1 is 1.22 bits per heavy atom. The number of amides is 1. The van der Waals surface area contributed by atoms with E-state index in [4.69, 9.17) is 5.73 Å². The molecule has 27 heavy (non-hydrogen) atoms. The van der Waals surface area contributed by atoms with Crippen molar-refractivity contribution in [2.75, 3.05) is 5.73 Å². The fraction of sp³-hybridized carbons (Fsp3) is 0.125. The molecule has 0 saturated carbocycles. The van der Waals surface area contributed by atoms with Gasteiger partial charge in [0.1, 0.15) is 17.5 Å². The van der Waals surface area contributed by atoms with E-state index in [0.29, 0.717) is 5.56 Å². The highest BCUT2D eigenvalue weighted by Crippen LogP contribution is 2.12. The molecule has 0 aliphatic heterocycles. The largest absolute Gasteiger partial charge is 0.508 e. The number of phenols is 1. The molecule has 138 valence electrons. The molecule has 1 aromatic carbocycles. The summed E-state index contributed by atoms with van der Waals surface area (Å²) in [4.78, 5) is 49.3. The molecule has 3 aromatic rings. The molecule has 3 rings (SSSR count). The third-order valence-corrected chi connectivity index (χ3v) is 3.65. The quantitative estimate of drug-likeness (QED) is 0.392. The number of aliphatic carboxylic acids is 1.